The lowest BCUT2D eigenvalue weighted by atomic mass is 10.3. The van der Waals surface area contributed by atoms with Crippen molar-refractivity contribution in [3.63, 3.8) is 0 Å². The van der Waals surface area contributed by atoms with Crippen LogP contribution in [0.3, 0.4) is 0 Å². The van der Waals surface area contributed by atoms with Gasteiger partial charge in [-0.25, -0.2) is 4.98 Å². The van der Waals surface area contributed by atoms with E-state index in [0.717, 1.165) is 4.57 Å². The summed E-state index contributed by atoms with van der Waals surface area (Å²) in [5.74, 6) is -1.41. The maximum atomic E-state index is 13.2. The van der Waals surface area contributed by atoms with E-state index in [1.165, 1.54) is 6.33 Å². The largest absolute Gasteiger partial charge is 0.381 e. The normalized spacial score (nSPS) is 10.2. The van der Waals surface area contributed by atoms with E-state index >= 15 is 0 Å². The van der Waals surface area contributed by atoms with Crippen molar-refractivity contribution < 1.29 is 4.39 Å². The van der Waals surface area contributed by atoms with E-state index in [-0.39, 0.29) is 5.82 Å². The van der Waals surface area contributed by atoms with Crippen molar-refractivity contribution in [2.45, 2.75) is 0 Å². The second-order valence-electron chi connectivity index (χ2n) is 2.95. The first kappa shape index (κ1) is 9.39. The Bertz CT molecular complexity index is 536. The van der Waals surface area contributed by atoms with Gasteiger partial charge in [0.25, 0.3) is 5.56 Å². The Morgan fingerprint density at radius 3 is 2.60 bits per heavy atom. The maximum absolute atomic E-state index is 13.2. The van der Waals surface area contributed by atoms with E-state index in [4.69, 9.17) is 5.73 Å². The highest BCUT2D eigenvalue weighted by atomic mass is 19.1. The smallest absolute Gasteiger partial charge is 0.296 e. The first-order chi connectivity index (χ1) is 7.20. The molecule has 1 aromatic heterocycles. The fourth-order valence-electron chi connectivity index (χ4n) is 1.22. The Morgan fingerprint density at radius 2 is 1.93 bits per heavy atom. The zero-order chi connectivity index (χ0) is 10.8. The highest BCUT2D eigenvalue weighted by Crippen LogP contribution is 2.05. The number of nitrogen functional groups attached to an aromatic ring is 1. The van der Waals surface area contributed by atoms with Crippen LogP contribution < -0.4 is 11.3 Å². The Hall–Kier alpha value is -2.17. The van der Waals surface area contributed by atoms with E-state index in [0.29, 0.717) is 5.69 Å². The zero-order valence-electron chi connectivity index (χ0n) is 7.72. The third kappa shape index (κ3) is 1.59. The standard InChI is InChI=1S/C10H8FN3O/c11-8-9(12)13-6-14(10(8)15)7-4-2-1-3-5-7/h1-6H,12H2. The number of anilines is 1. The molecule has 76 valence electrons. The molecule has 0 saturated carbocycles. The summed E-state index contributed by atoms with van der Waals surface area (Å²) in [5, 5.41) is 0. The fraction of sp³-hybridized carbons (Fsp3) is 0. The van der Waals surface area contributed by atoms with Gasteiger partial charge in [0.1, 0.15) is 6.33 Å². The first-order valence-electron chi connectivity index (χ1n) is 4.28. The van der Waals surface area contributed by atoms with Gasteiger partial charge < -0.3 is 5.73 Å². The molecule has 0 fully saturated rings. The topological polar surface area (TPSA) is 60.9 Å². The van der Waals surface area contributed by atoms with Crippen LogP contribution in [-0.4, -0.2) is 9.55 Å². The molecule has 5 heteroatoms. The Labute approximate surface area is 84.8 Å². The molecule has 0 atom stereocenters. The van der Waals surface area contributed by atoms with Gasteiger partial charge in [0, 0.05) is 0 Å². The number of halogens is 1. The molecule has 0 aliphatic rings. The second kappa shape index (κ2) is 3.53. The molecule has 15 heavy (non-hydrogen) atoms. The van der Waals surface area contributed by atoms with Crippen molar-refractivity contribution in [3.8, 4) is 5.69 Å². The minimum atomic E-state index is -1.03. The van der Waals surface area contributed by atoms with Crippen LogP contribution in [0.2, 0.25) is 0 Å². The van der Waals surface area contributed by atoms with Crippen LogP contribution in [0.4, 0.5) is 10.2 Å². The summed E-state index contributed by atoms with van der Waals surface area (Å²) in [7, 11) is 0. The number of benzene rings is 1. The van der Waals surface area contributed by atoms with E-state index in [1.54, 1.807) is 30.3 Å². The average molecular weight is 205 g/mol. The number of aromatic nitrogens is 2. The number of rotatable bonds is 1. The van der Waals surface area contributed by atoms with Gasteiger partial charge in [0.15, 0.2) is 5.82 Å². The minimum absolute atomic E-state index is 0.382. The molecule has 1 aromatic carbocycles. The van der Waals surface area contributed by atoms with E-state index in [9.17, 15) is 9.18 Å². The molecule has 0 aliphatic carbocycles. The second-order valence-corrected chi connectivity index (χ2v) is 2.95. The van der Waals surface area contributed by atoms with Crippen molar-refractivity contribution in [2.24, 2.45) is 0 Å². The molecule has 0 aliphatic heterocycles. The number of hydrogen-bond donors (Lipinski definition) is 1. The molecular weight excluding hydrogens is 197 g/mol. The summed E-state index contributed by atoms with van der Waals surface area (Å²) in [6.45, 7) is 0. The fourth-order valence-corrected chi connectivity index (χ4v) is 1.22. The summed E-state index contributed by atoms with van der Waals surface area (Å²) in [5.41, 5.74) is 4.92. The predicted molar refractivity (Wildman–Crippen MR) is 54.2 cm³/mol. The molecule has 0 radical (unpaired) electrons. The highest BCUT2D eigenvalue weighted by molar-refractivity contribution is 5.34. The first-order valence-corrected chi connectivity index (χ1v) is 4.28. The van der Waals surface area contributed by atoms with Gasteiger partial charge in [0.05, 0.1) is 5.69 Å². The molecule has 0 amide bonds. The summed E-state index contributed by atoms with van der Waals surface area (Å²) >= 11 is 0. The van der Waals surface area contributed by atoms with Crippen LogP contribution in [0.5, 0.6) is 0 Å². The van der Waals surface area contributed by atoms with E-state index in [1.807, 2.05) is 0 Å². The van der Waals surface area contributed by atoms with Crippen molar-refractivity contribution in [1.29, 1.82) is 0 Å². The quantitative estimate of drug-likeness (QED) is 0.754. The van der Waals surface area contributed by atoms with Gasteiger partial charge in [-0.3, -0.25) is 9.36 Å². The van der Waals surface area contributed by atoms with Crippen LogP contribution in [0.1, 0.15) is 0 Å². The lowest BCUT2D eigenvalue weighted by Gasteiger charge is -2.04. The van der Waals surface area contributed by atoms with Gasteiger partial charge >= 0.3 is 0 Å². The summed E-state index contributed by atoms with van der Waals surface area (Å²) < 4.78 is 14.3. The van der Waals surface area contributed by atoms with Gasteiger partial charge in [-0.05, 0) is 12.1 Å². The summed E-state index contributed by atoms with van der Waals surface area (Å²) in [4.78, 5) is 15.0. The maximum Gasteiger partial charge on any atom is 0.296 e. The summed E-state index contributed by atoms with van der Waals surface area (Å²) in [6.07, 6.45) is 1.20. The van der Waals surface area contributed by atoms with Crippen LogP contribution >= 0.6 is 0 Å². The SMILES string of the molecule is Nc1ncn(-c2ccccc2)c(=O)c1F. The Morgan fingerprint density at radius 1 is 1.27 bits per heavy atom. The molecule has 2 aromatic rings. The van der Waals surface area contributed by atoms with E-state index < -0.39 is 11.4 Å². The van der Waals surface area contributed by atoms with Crippen LogP contribution in [0.15, 0.2) is 41.5 Å². The number of hydrogen-bond acceptors (Lipinski definition) is 3. The van der Waals surface area contributed by atoms with Gasteiger partial charge in [-0.1, -0.05) is 18.2 Å². The molecule has 2 rings (SSSR count). The third-order valence-electron chi connectivity index (χ3n) is 1.98. The lowest BCUT2D eigenvalue weighted by Crippen LogP contribution is -2.23. The third-order valence-corrected chi connectivity index (χ3v) is 1.98. The number of nitrogens with two attached hydrogens (primary N) is 1. The molecule has 1 heterocycles. The van der Waals surface area contributed by atoms with Crippen molar-refractivity contribution in [3.05, 3.63) is 52.8 Å². The minimum Gasteiger partial charge on any atom is -0.381 e. The molecular formula is C10H8FN3O. The molecule has 0 spiro atoms. The van der Waals surface area contributed by atoms with Crippen LogP contribution in [0, 0.1) is 5.82 Å². The van der Waals surface area contributed by atoms with Crippen molar-refractivity contribution in [1.82, 2.24) is 9.55 Å². The van der Waals surface area contributed by atoms with E-state index in [2.05, 4.69) is 4.98 Å². The van der Waals surface area contributed by atoms with Gasteiger partial charge in [-0.15, -0.1) is 0 Å². The molecule has 2 N–H and O–H groups in total. The number of para-hydroxylation sites is 1. The monoisotopic (exact) mass is 205 g/mol. The zero-order valence-corrected chi connectivity index (χ0v) is 7.72. The highest BCUT2D eigenvalue weighted by Gasteiger charge is 2.08. The molecule has 4 nitrogen and oxygen atoms in total. The lowest BCUT2D eigenvalue weighted by molar-refractivity contribution is 0.596. The summed E-state index contributed by atoms with van der Waals surface area (Å²) in [6, 6.07) is 8.65. The Balaban J connectivity index is 2.66. The molecule has 0 bridgehead atoms. The Kier molecular flexibility index (Phi) is 2.21. The van der Waals surface area contributed by atoms with Crippen molar-refractivity contribution >= 4 is 5.82 Å². The van der Waals surface area contributed by atoms with Gasteiger partial charge in [-0.2, -0.15) is 4.39 Å². The van der Waals surface area contributed by atoms with Crippen LogP contribution in [0.25, 0.3) is 5.69 Å². The van der Waals surface area contributed by atoms with Gasteiger partial charge in [0.2, 0.25) is 5.82 Å². The molecule has 0 saturated heterocycles. The van der Waals surface area contributed by atoms with Crippen LogP contribution in [-0.2, 0) is 0 Å². The predicted octanol–water partition coefficient (Wildman–Crippen LogP) is 0.954. The molecule has 0 unspecified atom stereocenters. The average Bonchev–Trinajstić information content (AvgIpc) is 2.27. The number of nitrogens with zero attached hydrogens (tertiary/aromatic N) is 2. The van der Waals surface area contributed by atoms with Crippen molar-refractivity contribution in [2.75, 3.05) is 5.73 Å².